The molecule has 1 atom stereocenters. The fraction of sp³-hybridized carbons (Fsp3) is 0.462. The Bertz CT molecular complexity index is 450. The van der Waals surface area contributed by atoms with Crippen molar-refractivity contribution in [3.63, 3.8) is 0 Å². The van der Waals surface area contributed by atoms with E-state index in [1.165, 1.54) is 12.1 Å². The Morgan fingerprint density at radius 2 is 2.39 bits per heavy atom. The molecule has 1 saturated heterocycles. The van der Waals surface area contributed by atoms with Crippen molar-refractivity contribution in [3.8, 4) is 0 Å². The van der Waals surface area contributed by atoms with E-state index < -0.39 is 0 Å². The van der Waals surface area contributed by atoms with Gasteiger partial charge in [-0.25, -0.2) is 4.39 Å². The van der Waals surface area contributed by atoms with Gasteiger partial charge >= 0.3 is 0 Å². The van der Waals surface area contributed by atoms with Crippen molar-refractivity contribution < 1.29 is 9.18 Å². The van der Waals surface area contributed by atoms with E-state index in [2.05, 4.69) is 10.2 Å². The predicted molar refractivity (Wildman–Crippen MR) is 68.3 cm³/mol. The number of likely N-dealkylation sites (tertiary alicyclic amines) is 1. The zero-order valence-electron chi connectivity index (χ0n) is 10.4. The molecule has 1 aromatic carbocycles. The molecule has 5 heteroatoms. The summed E-state index contributed by atoms with van der Waals surface area (Å²) in [5.74, 6) is -0.297. The van der Waals surface area contributed by atoms with Gasteiger partial charge in [-0.3, -0.25) is 9.69 Å². The summed E-state index contributed by atoms with van der Waals surface area (Å²) in [6, 6.07) is 4.31. The SMILES string of the molecule is CNC(=O)C1CCCN1Cc1ccc(F)cc1N. The Morgan fingerprint density at radius 3 is 3.06 bits per heavy atom. The third-order valence-electron chi connectivity index (χ3n) is 3.39. The van der Waals surface area contributed by atoms with Crippen LogP contribution in [0, 0.1) is 5.82 Å². The van der Waals surface area contributed by atoms with E-state index in [4.69, 9.17) is 5.73 Å². The lowest BCUT2D eigenvalue weighted by atomic mass is 10.1. The van der Waals surface area contributed by atoms with Crippen molar-refractivity contribution in [1.29, 1.82) is 0 Å². The van der Waals surface area contributed by atoms with Crippen LogP contribution in [-0.4, -0.2) is 30.4 Å². The molecule has 1 unspecified atom stereocenters. The van der Waals surface area contributed by atoms with Gasteiger partial charge in [0, 0.05) is 19.3 Å². The molecule has 18 heavy (non-hydrogen) atoms. The summed E-state index contributed by atoms with van der Waals surface area (Å²) in [7, 11) is 1.64. The van der Waals surface area contributed by atoms with Crippen molar-refractivity contribution in [2.75, 3.05) is 19.3 Å². The summed E-state index contributed by atoms with van der Waals surface area (Å²) < 4.78 is 13.0. The van der Waals surface area contributed by atoms with Crippen LogP contribution in [0.1, 0.15) is 18.4 Å². The monoisotopic (exact) mass is 251 g/mol. The number of nitrogens with one attached hydrogen (secondary N) is 1. The van der Waals surface area contributed by atoms with Crippen molar-refractivity contribution >= 4 is 11.6 Å². The van der Waals surface area contributed by atoms with Crippen LogP contribution in [0.25, 0.3) is 0 Å². The molecule has 1 aliphatic heterocycles. The minimum absolute atomic E-state index is 0.0354. The van der Waals surface area contributed by atoms with Gasteiger partial charge in [0.05, 0.1) is 6.04 Å². The quantitative estimate of drug-likeness (QED) is 0.791. The first-order valence-corrected chi connectivity index (χ1v) is 6.11. The zero-order chi connectivity index (χ0) is 13.1. The van der Waals surface area contributed by atoms with Crippen LogP contribution in [0.4, 0.5) is 10.1 Å². The topological polar surface area (TPSA) is 58.4 Å². The molecule has 1 fully saturated rings. The van der Waals surface area contributed by atoms with Gasteiger partial charge in [0.2, 0.25) is 5.91 Å². The summed E-state index contributed by atoms with van der Waals surface area (Å²) in [5, 5.41) is 2.67. The molecular weight excluding hydrogens is 233 g/mol. The van der Waals surface area contributed by atoms with Crippen molar-refractivity contribution in [2.24, 2.45) is 0 Å². The molecular formula is C13H18FN3O. The molecule has 1 aliphatic rings. The van der Waals surface area contributed by atoms with Crippen LogP contribution in [-0.2, 0) is 11.3 Å². The number of carbonyl (C=O) groups is 1. The lowest BCUT2D eigenvalue weighted by molar-refractivity contribution is -0.125. The first-order valence-electron chi connectivity index (χ1n) is 6.11. The van der Waals surface area contributed by atoms with Crippen LogP contribution < -0.4 is 11.1 Å². The maximum absolute atomic E-state index is 13.0. The highest BCUT2D eigenvalue weighted by molar-refractivity contribution is 5.81. The number of rotatable bonds is 3. The highest BCUT2D eigenvalue weighted by atomic mass is 19.1. The Hall–Kier alpha value is -1.62. The van der Waals surface area contributed by atoms with Crippen LogP contribution in [0.3, 0.4) is 0 Å². The van der Waals surface area contributed by atoms with Gasteiger partial charge in [0.15, 0.2) is 0 Å². The van der Waals surface area contributed by atoms with Gasteiger partial charge in [-0.05, 0) is 37.1 Å². The van der Waals surface area contributed by atoms with E-state index in [9.17, 15) is 9.18 Å². The number of nitrogens with two attached hydrogens (primary N) is 1. The first kappa shape index (κ1) is 12.8. The molecule has 2 rings (SSSR count). The van der Waals surface area contributed by atoms with Crippen LogP contribution in [0.15, 0.2) is 18.2 Å². The summed E-state index contributed by atoms with van der Waals surface area (Å²) in [6.45, 7) is 1.46. The molecule has 0 bridgehead atoms. The molecule has 0 aliphatic carbocycles. The molecule has 1 heterocycles. The van der Waals surface area contributed by atoms with Gasteiger partial charge in [-0.2, -0.15) is 0 Å². The third kappa shape index (κ3) is 2.61. The minimum Gasteiger partial charge on any atom is -0.398 e. The number of carbonyl (C=O) groups excluding carboxylic acids is 1. The van der Waals surface area contributed by atoms with Crippen LogP contribution >= 0.6 is 0 Å². The number of amides is 1. The maximum atomic E-state index is 13.0. The smallest absolute Gasteiger partial charge is 0.237 e. The largest absolute Gasteiger partial charge is 0.398 e. The van der Waals surface area contributed by atoms with Crippen molar-refractivity contribution in [1.82, 2.24) is 10.2 Å². The molecule has 1 amide bonds. The molecule has 0 aromatic heterocycles. The first-order chi connectivity index (χ1) is 8.61. The fourth-order valence-electron chi connectivity index (χ4n) is 2.41. The lowest BCUT2D eigenvalue weighted by Crippen LogP contribution is -2.41. The van der Waals surface area contributed by atoms with Gasteiger partial charge in [0.1, 0.15) is 5.82 Å². The van der Waals surface area contributed by atoms with E-state index in [-0.39, 0.29) is 17.8 Å². The van der Waals surface area contributed by atoms with Crippen molar-refractivity contribution in [3.05, 3.63) is 29.6 Å². The lowest BCUT2D eigenvalue weighted by Gasteiger charge is -2.23. The molecule has 1 aromatic rings. The van der Waals surface area contributed by atoms with Gasteiger partial charge < -0.3 is 11.1 Å². The van der Waals surface area contributed by atoms with Gasteiger partial charge in [0.25, 0.3) is 0 Å². The van der Waals surface area contributed by atoms with Gasteiger partial charge in [-0.15, -0.1) is 0 Å². The Labute approximate surface area is 106 Å². The molecule has 0 radical (unpaired) electrons. The number of nitrogens with zero attached hydrogens (tertiary/aromatic N) is 1. The average Bonchev–Trinajstić information content (AvgIpc) is 2.80. The van der Waals surface area contributed by atoms with E-state index in [0.717, 1.165) is 24.9 Å². The summed E-state index contributed by atoms with van der Waals surface area (Å²) in [5.41, 5.74) is 7.10. The van der Waals surface area contributed by atoms with E-state index in [1.54, 1.807) is 13.1 Å². The van der Waals surface area contributed by atoms with E-state index >= 15 is 0 Å². The predicted octanol–water partition coefficient (Wildman–Crippen LogP) is 1.12. The Balaban J connectivity index is 2.10. The zero-order valence-corrected chi connectivity index (χ0v) is 10.4. The second kappa shape index (κ2) is 5.35. The molecule has 3 N–H and O–H groups in total. The molecule has 0 saturated carbocycles. The highest BCUT2D eigenvalue weighted by Crippen LogP contribution is 2.23. The number of hydrogen-bond donors (Lipinski definition) is 2. The van der Waals surface area contributed by atoms with E-state index in [1.807, 2.05) is 0 Å². The second-order valence-electron chi connectivity index (χ2n) is 4.59. The number of halogens is 1. The second-order valence-corrected chi connectivity index (χ2v) is 4.59. The molecule has 0 spiro atoms. The number of likely N-dealkylation sites (N-methyl/N-ethyl adjacent to an activating group) is 1. The molecule has 98 valence electrons. The van der Waals surface area contributed by atoms with Crippen molar-refractivity contribution in [2.45, 2.75) is 25.4 Å². The maximum Gasteiger partial charge on any atom is 0.237 e. The minimum atomic E-state index is -0.333. The number of nitrogen functional groups attached to an aromatic ring is 1. The van der Waals surface area contributed by atoms with Crippen LogP contribution in [0.5, 0.6) is 0 Å². The van der Waals surface area contributed by atoms with Gasteiger partial charge in [-0.1, -0.05) is 6.07 Å². The Kier molecular flexibility index (Phi) is 3.81. The summed E-state index contributed by atoms with van der Waals surface area (Å²) >= 11 is 0. The summed E-state index contributed by atoms with van der Waals surface area (Å²) in [4.78, 5) is 13.8. The Morgan fingerprint density at radius 1 is 1.61 bits per heavy atom. The fourth-order valence-corrected chi connectivity index (χ4v) is 2.41. The number of benzene rings is 1. The average molecular weight is 251 g/mol. The molecule has 4 nitrogen and oxygen atoms in total. The highest BCUT2D eigenvalue weighted by Gasteiger charge is 2.30. The summed E-state index contributed by atoms with van der Waals surface area (Å²) in [6.07, 6.45) is 1.86. The number of hydrogen-bond acceptors (Lipinski definition) is 3. The third-order valence-corrected chi connectivity index (χ3v) is 3.39. The number of anilines is 1. The van der Waals surface area contributed by atoms with Crippen LogP contribution in [0.2, 0.25) is 0 Å². The standard InChI is InChI=1S/C13H18FN3O/c1-16-13(18)12-3-2-6-17(12)8-9-4-5-10(14)7-11(9)15/h4-5,7,12H,2-3,6,8,15H2,1H3,(H,16,18). The van der Waals surface area contributed by atoms with E-state index in [0.29, 0.717) is 12.2 Å². The normalized spacial score (nSPS) is 20.0.